The van der Waals surface area contributed by atoms with Gasteiger partial charge in [-0.1, -0.05) is 0 Å². The van der Waals surface area contributed by atoms with Crippen LogP contribution in [0.15, 0.2) is 41.3 Å². The standard InChI is InChI=1S/C12H13N3OS/c1-14(2)9-3-5-10(6-4-9)15-8-7-11(16)13-12(15)17/h3-8H,1-2H3,(H,13,16,17). The number of aromatic amines is 1. The molecule has 1 aromatic heterocycles. The summed E-state index contributed by atoms with van der Waals surface area (Å²) in [5.74, 6) is 0. The van der Waals surface area contributed by atoms with E-state index in [0.29, 0.717) is 4.77 Å². The minimum absolute atomic E-state index is 0.184. The van der Waals surface area contributed by atoms with Crippen LogP contribution in [0.4, 0.5) is 5.69 Å². The maximum atomic E-state index is 11.1. The average Bonchev–Trinajstić information content (AvgIpc) is 2.29. The molecule has 5 heteroatoms. The molecule has 2 rings (SSSR count). The number of aromatic nitrogens is 2. The second-order valence-corrected chi connectivity index (χ2v) is 4.28. The Morgan fingerprint density at radius 1 is 1.18 bits per heavy atom. The van der Waals surface area contributed by atoms with E-state index in [-0.39, 0.29) is 5.56 Å². The lowest BCUT2D eigenvalue weighted by atomic mass is 10.2. The molecule has 0 bridgehead atoms. The highest BCUT2D eigenvalue weighted by Gasteiger charge is 1.99. The minimum Gasteiger partial charge on any atom is -0.378 e. The number of nitrogens with one attached hydrogen (secondary N) is 1. The van der Waals surface area contributed by atoms with Gasteiger partial charge in [0.2, 0.25) is 0 Å². The van der Waals surface area contributed by atoms with Crippen LogP contribution >= 0.6 is 12.2 Å². The summed E-state index contributed by atoms with van der Waals surface area (Å²) in [5, 5.41) is 0. The predicted octanol–water partition coefficient (Wildman–Crippen LogP) is 1.96. The van der Waals surface area contributed by atoms with Crippen molar-refractivity contribution in [2.45, 2.75) is 0 Å². The molecule has 1 N–H and O–H groups in total. The Morgan fingerprint density at radius 2 is 1.82 bits per heavy atom. The maximum Gasteiger partial charge on any atom is 0.251 e. The first-order chi connectivity index (χ1) is 8.08. The zero-order valence-corrected chi connectivity index (χ0v) is 10.5. The number of hydrogen-bond donors (Lipinski definition) is 1. The van der Waals surface area contributed by atoms with Crippen molar-refractivity contribution in [3.63, 3.8) is 0 Å². The topological polar surface area (TPSA) is 41.0 Å². The first-order valence-corrected chi connectivity index (χ1v) is 5.58. The van der Waals surface area contributed by atoms with Gasteiger partial charge in [-0.3, -0.25) is 14.3 Å². The quantitative estimate of drug-likeness (QED) is 0.825. The van der Waals surface area contributed by atoms with Gasteiger partial charge >= 0.3 is 0 Å². The van der Waals surface area contributed by atoms with E-state index in [0.717, 1.165) is 11.4 Å². The lowest BCUT2D eigenvalue weighted by molar-refractivity contribution is 0.936. The van der Waals surface area contributed by atoms with Gasteiger partial charge in [-0.05, 0) is 36.5 Å². The van der Waals surface area contributed by atoms with Crippen LogP contribution in [-0.4, -0.2) is 23.6 Å². The zero-order valence-electron chi connectivity index (χ0n) is 9.68. The van der Waals surface area contributed by atoms with Crippen LogP contribution in [-0.2, 0) is 0 Å². The Hall–Kier alpha value is -1.88. The van der Waals surface area contributed by atoms with Crippen molar-refractivity contribution in [2.75, 3.05) is 19.0 Å². The average molecular weight is 247 g/mol. The monoisotopic (exact) mass is 247 g/mol. The number of rotatable bonds is 2. The summed E-state index contributed by atoms with van der Waals surface area (Å²) >= 11 is 5.10. The van der Waals surface area contributed by atoms with E-state index in [1.165, 1.54) is 6.07 Å². The van der Waals surface area contributed by atoms with Crippen molar-refractivity contribution < 1.29 is 0 Å². The summed E-state index contributed by atoms with van der Waals surface area (Å²) in [4.78, 5) is 15.7. The summed E-state index contributed by atoms with van der Waals surface area (Å²) in [5.41, 5.74) is 1.86. The van der Waals surface area contributed by atoms with E-state index in [2.05, 4.69) is 4.98 Å². The normalized spacial score (nSPS) is 10.2. The predicted molar refractivity (Wildman–Crippen MR) is 71.6 cm³/mol. The second kappa shape index (κ2) is 4.55. The van der Waals surface area contributed by atoms with Crippen LogP contribution in [0.3, 0.4) is 0 Å². The van der Waals surface area contributed by atoms with Crippen molar-refractivity contribution >= 4 is 17.9 Å². The first-order valence-electron chi connectivity index (χ1n) is 5.18. The number of nitrogens with zero attached hydrogens (tertiary/aromatic N) is 2. The van der Waals surface area contributed by atoms with E-state index < -0.39 is 0 Å². The van der Waals surface area contributed by atoms with E-state index in [4.69, 9.17) is 12.2 Å². The molecule has 1 heterocycles. The molecule has 0 aliphatic heterocycles. The van der Waals surface area contributed by atoms with Crippen LogP contribution < -0.4 is 10.5 Å². The molecule has 0 fully saturated rings. The Labute approximate surface area is 104 Å². The van der Waals surface area contributed by atoms with Crippen LogP contribution in [0, 0.1) is 4.77 Å². The van der Waals surface area contributed by atoms with E-state index in [1.54, 1.807) is 10.8 Å². The third-order valence-electron chi connectivity index (χ3n) is 2.47. The molecule has 0 spiro atoms. The SMILES string of the molecule is CN(C)c1ccc(-n2ccc(=O)[nH]c2=S)cc1. The molecule has 88 valence electrons. The van der Waals surface area contributed by atoms with Crippen LogP contribution in [0.2, 0.25) is 0 Å². The van der Waals surface area contributed by atoms with Crippen LogP contribution in [0.1, 0.15) is 0 Å². The molecule has 0 radical (unpaired) electrons. The van der Waals surface area contributed by atoms with Gasteiger partial charge in [-0.2, -0.15) is 0 Å². The second-order valence-electron chi connectivity index (χ2n) is 3.89. The molecule has 0 unspecified atom stereocenters. The highest BCUT2D eigenvalue weighted by Crippen LogP contribution is 2.14. The number of hydrogen-bond acceptors (Lipinski definition) is 3. The van der Waals surface area contributed by atoms with Gasteiger partial charge < -0.3 is 4.90 Å². The Morgan fingerprint density at radius 3 is 2.35 bits per heavy atom. The van der Waals surface area contributed by atoms with Gasteiger partial charge in [0.15, 0.2) is 4.77 Å². The van der Waals surface area contributed by atoms with Crippen molar-refractivity contribution in [1.29, 1.82) is 0 Å². The summed E-state index contributed by atoms with van der Waals surface area (Å²) in [6.07, 6.45) is 1.67. The lowest BCUT2D eigenvalue weighted by Crippen LogP contribution is -2.11. The summed E-state index contributed by atoms with van der Waals surface area (Å²) in [6, 6.07) is 9.38. The van der Waals surface area contributed by atoms with Gasteiger partial charge in [0.25, 0.3) is 5.56 Å². The van der Waals surface area contributed by atoms with E-state index in [9.17, 15) is 4.79 Å². The first kappa shape index (κ1) is 11.6. The fourth-order valence-corrected chi connectivity index (χ4v) is 1.80. The molecule has 17 heavy (non-hydrogen) atoms. The highest BCUT2D eigenvalue weighted by molar-refractivity contribution is 7.71. The van der Waals surface area contributed by atoms with Crippen LogP contribution in [0.5, 0.6) is 0 Å². The molecular weight excluding hydrogens is 234 g/mol. The number of benzene rings is 1. The highest BCUT2D eigenvalue weighted by atomic mass is 32.1. The third kappa shape index (κ3) is 2.45. The smallest absolute Gasteiger partial charge is 0.251 e. The summed E-state index contributed by atoms with van der Waals surface area (Å²) in [6.45, 7) is 0. The maximum absolute atomic E-state index is 11.1. The largest absolute Gasteiger partial charge is 0.378 e. The molecule has 0 aliphatic carbocycles. The lowest BCUT2D eigenvalue weighted by Gasteiger charge is -2.13. The Bertz CT molecular complexity index is 625. The van der Waals surface area contributed by atoms with E-state index >= 15 is 0 Å². The zero-order chi connectivity index (χ0) is 12.4. The van der Waals surface area contributed by atoms with Crippen molar-refractivity contribution in [3.8, 4) is 5.69 Å². The van der Waals surface area contributed by atoms with Gasteiger partial charge in [-0.25, -0.2) is 0 Å². The van der Waals surface area contributed by atoms with E-state index in [1.807, 2.05) is 43.3 Å². The minimum atomic E-state index is -0.184. The van der Waals surface area contributed by atoms with Crippen molar-refractivity contribution in [1.82, 2.24) is 9.55 Å². The van der Waals surface area contributed by atoms with Gasteiger partial charge in [0, 0.05) is 37.7 Å². The van der Waals surface area contributed by atoms with Gasteiger partial charge in [0.05, 0.1) is 0 Å². The fraction of sp³-hybridized carbons (Fsp3) is 0.167. The molecule has 1 aromatic carbocycles. The molecule has 0 amide bonds. The number of anilines is 1. The summed E-state index contributed by atoms with van der Waals surface area (Å²) in [7, 11) is 3.97. The van der Waals surface area contributed by atoms with Gasteiger partial charge in [-0.15, -0.1) is 0 Å². The van der Waals surface area contributed by atoms with Crippen molar-refractivity contribution in [3.05, 3.63) is 51.7 Å². The molecule has 2 aromatic rings. The molecular formula is C12H13N3OS. The van der Waals surface area contributed by atoms with Gasteiger partial charge in [0.1, 0.15) is 0 Å². The van der Waals surface area contributed by atoms with Crippen LogP contribution in [0.25, 0.3) is 5.69 Å². The molecule has 0 saturated carbocycles. The molecule has 0 aliphatic rings. The molecule has 4 nitrogen and oxygen atoms in total. The molecule has 0 saturated heterocycles. The Kier molecular flexibility index (Phi) is 3.10. The fourth-order valence-electron chi connectivity index (χ4n) is 1.53. The molecule has 0 atom stereocenters. The Balaban J connectivity index is 2.47. The van der Waals surface area contributed by atoms with Crippen molar-refractivity contribution in [2.24, 2.45) is 0 Å². The third-order valence-corrected chi connectivity index (χ3v) is 2.77. The number of H-pyrrole nitrogens is 1. The summed E-state index contributed by atoms with van der Waals surface area (Å²) < 4.78 is 2.16.